The Bertz CT molecular complexity index is 717. The van der Waals surface area contributed by atoms with Crippen LogP contribution in [-0.2, 0) is 22.5 Å². The predicted molar refractivity (Wildman–Crippen MR) is 92.2 cm³/mol. The molecule has 1 amide bonds. The molecular formula is C18H21N3O3. The largest absolute Gasteiger partial charge is 0.468 e. The second kappa shape index (κ2) is 8.12. The fourth-order valence-electron chi connectivity index (χ4n) is 2.37. The molecule has 126 valence electrons. The number of carbonyl (C=O) groups excluding carboxylic acids is 2. The normalized spacial score (nSPS) is 11.7. The summed E-state index contributed by atoms with van der Waals surface area (Å²) in [4.78, 5) is 23.1. The first-order chi connectivity index (χ1) is 11.5. The van der Waals surface area contributed by atoms with Crippen molar-refractivity contribution in [2.75, 3.05) is 12.8 Å². The summed E-state index contributed by atoms with van der Waals surface area (Å²) in [5.41, 5.74) is 13.8. The maximum atomic E-state index is 12.0. The number of rotatable bonds is 7. The van der Waals surface area contributed by atoms with E-state index in [9.17, 15) is 9.59 Å². The third-order valence-electron chi connectivity index (χ3n) is 3.74. The van der Waals surface area contributed by atoms with Crippen LogP contribution in [0.3, 0.4) is 0 Å². The van der Waals surface area contributed by atoms with Gasteiger partial charge in [0.05, 0.1) is 7.11 Å². The molecule has 0 spiro atoms. The molecule has 0 aliphatic rings. The minimum absolute atomic E-state index is 0.341. The van der Waals surface area contributed by atoms with Gasteiger partial charge in [-0.3, -0.25) is 14.9 Å². The van der Waals surface area contributed by atoms with E-state index in [0.29, 0.717) is 24.2 Å². The summed E-state index contributed by atoms with van der Waals surface area (Å²) in [6, 6.07) is 14.0. The van der Waals surface area contributed by atoms with Crippen molar-refractivity contribution in [3.05, 3.63) is 65.2 Å². The van der Waals surface area contributed by atoms with Crippen LogP contribution in [0.2, 0.25) is 0 Å². The zero-order chi connectivity index (χ0) is 17.5. The minimum atomic E-state index is -0.530. The maximum absolute atomic E-state index is 12.0. The van der Waals surface area contributed by atoms with Gasteiger partial charge in [0.15, 0.2) is 0 Å². The van der Waals surface area contributed by atoms with Crippen LogP contribution in [0.4, 0.5) is 5.69 Å². The molecule has 0 aromatic heterocycles. The average Bonchev–Trinajstić information content (AvgIpc) is 2.59. The molecule has 0 saturated heterocycles. The Morgan fingerprint density at radius 2 is 1.88 bits per heavy atom. The van der Waals surface area contributed by atoms with Gasteiger partial charge in [0, 0.05) is 17.8 Å². The Morgan fingerprint density at radius 3 is 2.46 bits per heavy atom. The molecule has 2 rings (SSSR count). The van der Waals surface area contributed by atoms with Gasteiger partial charge in [-0.25, -0.2) is 0 Å². The van der Waals surface area contributed by atoms with Gasteiger partial charge >= 0.3 is 5.97 Å². The van der Waals surface area contributed by atoms with E-state index in [1.165, 1.54) is 13.2 Å². The number of benzene rings is 2. The number of esters is 1. The monoisotopic (exact) mass is 327 g/mol. The average molecular weight is 327 g/mol. The highest BCUT2D eigenvalue weighted by Gasteiger charge is 2.19. The van der Waals surface area contributed by atoms with Gasteiger partial charge in [-0.15, -0.1) is 0 Å². The molecule has 5 N–H and O–H groups in total. The summed E-state index contributed by atoms with van der Waals surface area (Å²) in [6.07, 6.45) is 0.507. The summed E-state index contributed by atoms with van der Waals surface area (Å²) in [5.74, 6) is -0.871. The molecule has 1 unspecified atom stereocenters. The standard InChI is InChI=1S/C18H21N3O3/c1-24-18(23)16(9-12-5-3-2-4-6-12)21-11-14-8-7-13(17(20)22)10-15(14)19/h2-8,10,16,21H,9,11,19H2,1H3,(H2,20,22). The van der Waals surface area contributed by atoms with Crippen molar-refractivity contribution in [1.29, 1.82) is 0 Å². The third-order valence-corrected chi connectivity index (χ3v) is 3.74. The fraction of sp³-hybridized carbons (Fsp3) is 0.222. The molecule has 0 bridgehead atoms. The van der Waals surface area contributed by atoms with Gasteiger partial charge in [0.2, 0.25) is 5.91 Å². The lowest BCUT2D eigenvalue weighted by Gasteiger charge is -2.17. The van der Waals surface area contributed by atoms with E-state index in [1.807, 2.05) is 30.3 Å². The van der Waals surface area contributed by atoms with E-state index < -0.39 is 11.9 Å². The Labute approximate surface area is 140 Å². The lowest BCUT2D eigenvalue weighted by Crippen LogP contribution is -2.39. The van der Waals surface area contributed by atoms with E-state index in [0.717, 1.165) is 11.1 Å². The number of nitrogens with two attached hydrogens (primary N) is 2. The van der Waals surface area contributed by atoms with Crippen molar-refractivity contribution in [2.24, 2.45) is 5.73 Å². The second-order valence-corrected chi connectivity index (χ2v) is 5.42. The summed E-state index contributed by atoms with van der Waals surface area (Å²) in [5, 5.41) is 3.15. The van der Waals surface area contributed by atoms with Crippen molar-refractivity contribution in [1.82, 2.24) is 5.32 Å². The Morgan fingerprint density at radius 1 is 1.17 bits per heavy atom. The van der Waals surface area contributed by atoms with Crippen LogP contribution >= 0.6 is 0 Å². The molecule has 0 fully saturated rings. The van der Waals surface area contributed by atoms with E-state index in [1.54, 1.807) is 12.1 Å². The lowest BCUT2D eigenvalue weighted by molar-refractivity contribution is -0.143. The summed E-state index contributed by atoms with van der Waals surface area (Å²) < 4.78 is 4.86. The molecule has 2 aromatic rings. The van der Waals surface area contributed by atoms with Crippen LogP contribution < -0.4 is 16.8 Å². The highest BCUT2D eigenvalue weighted by molar-refractivity contribution is 5.93. The minimum Gasteiger partial charge on any atom is -0.468 e. The van der Waals surface area contributed by atoms with Gasteiger partial charge in [-0.2, -0.15) is 0 Å². The molecular weight excluding hydrogens is 306 g/mol. The van der Waals surface area contributed by atoms with E-state index >= 15 is 0 Å². The van der Waals surface area contributed by atoms with Crippen LogP contribution in [-0.4, -0.2) is 25.0 Å². The van der Waals surface area contributed by atoms with Gasteiger partial charge in [0.1, 0.15) is 6.04 Å². The zero-order valence-corrected chi connectivity index (χ0v) is 13.5. The predicted octanol–water partition coefficient (Wildman–Crippen LogP) is 1.24. The number of anilines is 1. The van der Waals surface area contributed by atoms with Crippen LogP contribution in [0.15, 0.2) is 48.5 Å². The number of amides is 1. The van der Waals surface area contributed by atoms with Crippen LogP contribution in [0.1, 0.15) is 21.5 Å². The number of hydrogen-bond acceptors (Lipinski definition) is 5. The number of carbonyl (C=O) groups is 2. The van der Waals surface area contributed by atoms with Crippen molar-refractivity contribution < 1.29 is 14.3 Å². The Hall–Kier alpha value is -2.86. The van der Waals surface area contributed by atoms with E-state index in [2.05, 4.69) is 5.32 Å². The molecule has 2 aromatic carbocycles. The summed E-state index contributed by atoms with van der Waals surface area (Å²) in [6.45, 7) is 0.372. The molecule has 1 atom stereocenters. The number of ether oxygens (including phenoxy) is 1. The number of nitrogen functional groups attached to an aromatic ring is 1. The smallest absolute Gasteiger partial charge is 0.323 e. The fourth-order valence-corrected chi connectivity index (χ4v) is 2.37. The quantitative estimate of drug-likeness (QED) is 0.524. The molecule has 24 heavy (non-hydrogen) atoms. The molecule has 0 heterocycles. The summed E-state index contributed by atoms with van der Waals surface area (Å²) >= 11 is 0. The molecule has 0 saturated carbocycles. The van der Waals surface area contributed by atoms with Crippen LogP contribution in [0, 0.1) is 0 Å². The SMILES string of the molecule is COC(=O)C(Cc1ccccc1)NCc1ccc(C(N)=O)cc1N. The van der Waals surface area contributed by atoms with Crippen molar-refractivity contribution in [3.63, 3.8) is 0 Å². The van der Waals surface area contributed by atoms with Crippen LogP contribution in [0.5, 0.6) is 0 Å². The van der Waals surface area contributed by atoms with Gasteiger partial charge in [-0.05, 0) is 29.7 Å². The van der Waals surface area contributed by atoms with Crippen LogP contribution in [0.25, 0.3) is 0 Å². The number of hydrogen-bond donors (Lipinski definition) is 3. The third kappa shape index (κ3) is 4.57. The maximum Gasteiger partial charge on any atom is 0.323 e. The van der Waals surface area contributed by atoms with Crippen molar-refractivity contribution in [3.8, 4) is 0 Å². The topological polar surface area (TPSA) is 107 Å². The zero-order valence-electron chi connectivity index (χ0n) is 13.5. The first kappa shape index (κ1) is 17.5. The van der Waals surface area contributed by atoms with E-state index in [-0.39, 0.29) is 5.97 Å². The van der Waals surface area contributed by atoms with Crippen molar-refractivity contribution >= 4 is 17.6 Å². The second-order valence-electron chi connectivity index (χ2n) is 5.42. The number of nitrogens with one attached hydrogen (secondary N) is 1. The highest BCUT2D eigenvalue weighted by atomic mass is 16.5. The van der Waals surface area contributed by atoms with Crippen molar-refractivity contribution in [2.45, 2.75) is 19.0 Å². The van der Waals surface area contributed by atoms with E-state index in [4.69, 9.17) is 16.2 Å². The molecule has 6 heteroatoms. The molecule has 0 radical (unpaired) electrons. The molecule has 6 nitrogen and oxygen atoms in total. The van der Waals surface area contributed by atoms with Gasteiger partial charge < -0.3 is 16.2 Å². The summed E-state index contributed by atoms with van der Waals surface area (Å²) in [7, 11) is 1.36. The Balaban J connectivity index is 2.07. The van der Waals surface area contributed by atoms with Gasteiger partial charge in [0.25, 0.3) is 0 Å². The first-order valence-corrected chi connectivity index (χ1v) is 7.54. The first-order valence-electron chi connectivity index (χ1n) is 7.54. The molecule has 0 aliphatic carbocycles. The number of methoxy groups -OCH3 is 1. The molecule has 0 aliphatic heterocycles. The highest BCUT2D eigenvalue weighted by Crippen LogP contribution is 2.15. The number of primary amides is 1. The Kier molecular flexibility index (Phi) is 5.92. The van der Waals surface area contributed by atoms with Gasteiger partial charge in [-0.1, -0.05) is 36.4 Å². The lowest BCUT2D eigenvalue weighted by atomic mass is 10.0.